The quantitative estimate of drug-likeness (QED) is 0.571. The van der Waals surface area contributed by atoms with E-state index in [9.17, 15) is 14.4 Å². The van der Waals surface area contributed by atoms with Crippen molar-refractivity contribution in [3.05, 3.63) is 35.4 Å². The molecule has 7 nitrogen and oxygen atoms in total. The summed E-state index contributed by atoms with van der Waals surface area (Å²) in [6.07, 6.45) is 0. The maximum Gasteiger partial charge on any atom is 0.339 e. The van der Waals surface area contributed by atoms with Gasteiger partial charge in [-0.1, -0.05) is 12.1 Å². The second-order valence-corrected chi connectivity index (χ2v) is 5.21. The fourth-order valence-corrected chi connectivity index (χ4v) is 1.47. The van der Waals surface area contributed by atoms with Gasteiger partial charge in [-0.3, -0.25) is 4.79 Å². The summed E-state index contributed by atoms with van der Waals surface area (Å²) in [4.78, 5) is 34.5. The van der Waals surface area contributed by atoms with Gasteiger partial charge in [0.05, 0.1) is 16.5 Å². The number of carboxylic acid groups (broad SMARTS) is 1. The molecule has 0 heterocycles. The summed E-state index contributed by atoms with van der Waals surface area (Å²) in [7, 11) is 0. The molecule has 0 radical (unpaired) electrons. The monoisotopic (exact) mass is 309 g/mol. The molecule has 0 saturated carbocycles. The van der Waals surface area contributed by atoms with E-state index in [4.69, 9.17) is 20.3 Å². The predicted molar refractivity (Wildman–Crippen MR) is 77.5 cm³/mol. The molecule has 120 valence electrons. The highest BCUT2D eigenvalue weighted by atomic mass is 16.6. The number of carbonyl (C=O) groups excluding carboxylic acids is 2. The van der Waals surface area contributed by atoms with Gasteiger partial charge in [-0.15, -0.1) is 0 Å². The molecule has 0 aliphatic carbocycles. The van der Waals surface area contributed by atoms with Crippen LogP contribution in [0.2, 0.25) is 0 Å². The maximum atomic E-state index is 11.8. The van der Waals surface area contributed by atoms with Crippen molar-refractivity contribution < 1.29 is 29.0 Å². The Kier molecular flexibility index (Phi) is 6.06. The van der Waals surface area contributed by atoms with Gasteiger partial charge >= 0.3 is 17.9 Å². The van der Waals surface area contributed by atoms with Crippen LogP contribution >= 0.6 is 0 Å². The predicted octanol–water partition coefficient (Wildman–Crippen LogP) is 1.07. The molecule has 0 spiro atoms. The molecule has 0 aliphatic rings. The number of ether oxygens (including phenoxy) is 2. The summed E-state index contributed by atoms with van der Waals surface area (Å²) < 4.78 is 9.85. The van der Waals surface area contributed by atoms with Crippen molar-refractivity contribution in [1.29, 1.82) is 0 Å². The number of hydrogen-bond acceptors (Lipinski definition) is 6. The number of benzene rings is 1. The van der Waals surface area contributed by atoms with Gasteiger partial charge in [0.15, 0.2) is 0 Å². The van der Waals surface area contributed by atoms with Crippen LogP contribution in [0.5, 0.6) is 0 Å². The topological polar surface area (TPSA) is 116 Å². The molecular formula is C15H19NO6. The molecule has 0 bridgehead atoms. The Morgan fingerprint density at radius 3 is 2.18 bits per heavy atom. The van der Waals surface area contributed by atoms with Crippen molar-refractivity contribution in [2.45, 2.75) is 13.8 Å². The lowest BCUT2D eigenvalue weighted by Crippen LogP contribution is -2.35. The zero-order valence-electron chi connectivity index (χ0n) is 12.5. The minimum Gasteiger partial charge on any atom is -0.478 e. The molecule has 22 heavy (non-hydrogen) atoms. The van der Waals surface area contributed by atoms with E-state index in [0.717, 1.165) is 0 Å². The first-order valence-corrected chi connectivity index (χ1v) is 6.66. The van der Waals surface area contributed by atoms with Crippen LogP contribution in [-0.2, 0) is 14.3 Å². The number of esters is 2. The molecular weight excluding hydrogens is 290 g/mol. The number of carboxylic acids is 1. The van der Waals surface area contributed by atoms with Crippen LogP contribution in [0.3, 0.4) is 0 Å². The van der Waals surface area contributed by atoms with Crippen molar-refractivity contribution in [3.63, 3.8) is 0 Å². The van der Waals surface area contributed by atoms with E-state index in [1.165, 1.54) is 24.3 Å². The Balaban J connectivity index is 2.52. The van der Waals surface area contributed by atoms with E-state index < -0.39 is 23.3 Å². The molecule has 1 rings (SSSR count). The Hall–Kier alpha value is -2.41. The first-order chi connectivity index (χ1) is 10.3. The second-order valence-electron chi connectivity index (χ2n) is 5.21. The van der Waals surface area contributed by atoms with Gasteiger partial charge in [-0.25, -0.2) is 9.59 Å². The molecule has 1 aromatic rings. The molecule has 0 unspecified atom stereocenters. The molecule has 0 fully saturated rings. The highest BCUT2D eigenvalue weighted by Gasteiger charge is 2.27. The average molecular weight is 309 g/mol. The molecule has 0 saturated heterocycles. The van der Waals surface area contributed by atoms with E-state index in [1.54, 1.807) is 13.8 Å². The standard InChI is InChI=1S/C15H19NO6/c1-15(2,9-16)14(20)22-8-7-21-13(19)11-6-4-3-5-10(11)12(17)18/h3-6H,7-9,16H2,1-2H3,(H,17,18). The second kappa shape index (κ2) is 7.56. The number of carbonyl (C=O) groups is 3. The van der Waals surface area contributed by atoms with Crippen LogP contribution in [0.1, 0.15) is 34.6 Å². The van der Waals surface area contributed by atoms with Crippen LogP contribution in [0.4, 0.5) is 0 Å². The van der Waals surface area contributed by atoms with E-state index >= 15 is 0 Å². The first-order valence-electron chi connectivity index (χ1n) is 6.66. The minimum absolute atomic E-state index is 0.0522. The molecule has 0 aliphatic heterocycles. The lowest BCUT2D eigenvalue weighted by molar-refractivity contribution is -0.154. The summed E-state index contributed by atoms with van der Waals surface area (Å²) in [5, 5.41) is 8.99. The fourth-order valence-electron chi connectivity index (χ4n) is 1.47. The van der Waals surface area contributed by atoms with E-state index in [2.05, 4.69) is 0 Å². The molecule has 0 atom stereocenters. The summed E-state index contributed by atoms with van der Waals surface area (Å²) in [6, 6.07) is 5.71. The third-order valence-electron chi connectivity index (χ3n) is 2.99. The smallest absolute Gasteiger partial charge is 0.339 e. The third-order valence-corrected chi connectivity index (χ3v) is 2.99. The highest BCUT2D eigenvalue weighted by molar-refractivity contribution is 6.02. The summed E-state index contributed by atoms with van der Waals surface area (Å²) in [5.41, 5.74) is 4.44. The van der Waals surface area contributed by atoms with Crippen LogP contribution in [0.25, 0.3) is 0 Å². The van der Waals surface area contributed by atoms with Gasteiger partial charge in [0.1, 0.15) is 13.2 Å². The van der Waals surface area contributed by atoms with E-state index in [1.807, 2.05) is 0 Å². The largest absolute Gasteiger partial charge is 0.478 e. The van der Waals surface area contributed by atoms with Crippen LogP contribution in [0, 0.1) is 5.41 Å². The van der Waals surface area contributed by atoms with Crippen LogP contribution < -0.4 is 5.73 Å². The molecule has 7 heteroatoms. The van der Waals surface area contributed by atoms with Gasteiger partial charge in [-0.05, 0) is 26.0 Å². The van der Waals surface area contributed by atoms with Crippen LogP contribution in [0.15, 0.2) is 24.3 Å². The number of rotatable bonds is 7. The normalized spacial score (nSPS) is 10.9. The number of nitrogens with two attached hydrogens (primary N) is 1. The lowest BCUT2D eigenvalue weighted by Gasteiger charge is -2.19. The summed E-state index contributed by atoms with van der Waals surface area (Å²) >= 11 is 0. The Bertz CT molecular complexity index is 567. The van der Waals surface area contributed by atoms with Crippen molar-refractivity contribution in [3.8, 4) is 0 Å². The zero-order valence-corrected chi connectivity index (χ0v) is 12.5. The summed E-state index contributed by atoms with van der Waals surface area (Å²) in [6.45, 7) is 3.13. The molecule has 3 N–H and O–H groups in total. The minimum atomic E-state index is -1.22. The van der Waals surface area contributed by atoms with E-state index in [-0.39, 0.29) is 30.9 Å². The van der Waals surface area contributed by atoms with Gasteiger partial charge < -0.3 is 20.3 Å². The molecule has 0 aromatic heterocycles. The average Bonchev–Trinajstić information content (AvgIpc) is 2.50. The summed E-state index contributed by atoms with van der Waals surface area (Å²) in [5.74, 6) is -2.49. The van der Waals surface area contributed by atoms with Gasteiger partial charge in [0, 0.05) is 6.54 Å². The fraction of sp³-hybridized carbons (Fsp3) is 0.400. The SMILES string of the molecule is CC(C)(CN)C(=O)OCCOC(=O)c1ccccc1C(=O)O. The molecule has 1 aromatic carbocycles. The number of aromatic carboxylic acids is 1. The van der Waals surface area contributed by atoms with Crippen molar-refractivity contribution in [1.82, 2.24) is 0 Å². The number of hydrogen-bond donors (Lipinski definition) is 2. The Morgan fingerprint density at radius 2 is 1.64 bits per heavy atom. The maximum absolute atomic E-state index is 11.8. The van der Waals surface area contributed by atoms with Crippen LogP contribution in [-0.4, -0.2) is 42.8 Å². The van der Waals surface area contributed by atoms with Gasteiger partial charge in [0.2, 0.25) is 0 Å². The Morgan fingerprint density at radius 1 is 1.09 bits per heavy atom. The van der Waals surface area contributed by atoms with Gasteiger partial charge in [0.25, 0.3) is 0 Å². The lowest BCUT2D eigenvalue weighted by atomic mass is 9.94. The zero-order chi connectivity index (χ0) is 16.8. The van der Waals surface area contributed by atoms with Gasteiger partial charge in [-0.2, -0.15) is 0 Å². The first kappa shape index (κ1) is 17.6. The molecule has 0 amide bonds. The van der Waals surface area contributed by atoms with Crippen molar-refractivity contribution in [2.24, 2.45) is 11.1 Å². The highest BCUT2D eigenvalue weighted by Crippen LogP contribution is 2.14. The van der Waals surface area contributed by atoms with Crippen molar-refractivity contribution in [2.75, 3.05) is 19.8 Å². The third kappa shape index (κ3) is 4.56. The van der Waals surface area contributed by atoms with Crippen molar-refractivity contribution >= 4 is 17.9 Å². The van der Waals surface area contributed by atoms with E-state index in [0.29, 0.717) is 0 Å². The Labute approximate surface area is 128 Å².